The van der Waals surface area contributed by atoms with Gasteiger partial charge in [0.25, 0.3) is 0 Å². The second-order valence-electron chi connectivity index (χ2n) is 8.68. The molecule has 0 radical (unpaired) electrons. The molecule has 2 heterocycles. The van der Waals surface area contributed by atoms with Gasteiger partial charge in [-0.3, -0.25) is 0 Å². The Morgan fingerprint density at radius 2 is 1.48 bits per heavy atom. The molecule has 33 heavy (non-hydrogen) atoms. The summed E-state index contributed by atoms with van der Waals surface area (Å²) in [5.41, 5.74) is 3.88. The minimum absolute atomic E-state index is 0.226. The summed E-state index contributed by atoms with van der Waals surface area (Å²) in [4.78, 5) is 14.9. The molecular weight excluding hydrogens is 422 g/mol. The molecule has 0 bridgehead atoms. The van der Waals surface area contributed by atoms with Crippen LogP contribution in [0.2, 0.25) is 0 Å². The van der Waals surface area contributed by atoms with Gasteiger partial charge in [0.1, 0.15) is 17.2 Å². The van der Waals surface area contributed by atoms with Gasteiger partial charge in [0.15, 0.2) is 0 Å². The van der Waals surface area contributed by atoms with E-state index in [-0.39, 0.29) is 17.6 Å². The van der Waals surface area contributed by atoms with Crippen LogP contribution >= 0.6 is 0 Å². The van der Waals surface area contributed by atoms with Crippen LogP contribution in [0.4, 0.5) is 20.2 Å². The fourth-order valence-corrected chi connectivity index (χ4v) is 4.99. The Bertz CT molecular complexity index is 1090. The SMILES string of the molecule is O=C1OC2(CCNCC2)c2cccc(CCCN(c3ccc(F)cc3)c3ccc(F)cc3)c21. The predicted molar refractivity (Wildman–Crippen MR) is 124 cm³/mol. The Kier molecular flexibility index (Phi) is 5.85. The minimum atomic E-state index is -0.498. The number of ether oxygens (including phenoxy) is 1. The molecule has 0 aliphatic carbocycles. The molecule has 5 rings (SSSR count). The highest BCUT2D eigenvalue weighted by molar-refractivity contribution is 5.96. The molecule has 2 aliphatic heterocycles. The number of halogens is 2. The third-order valence-electron chi connectivity index (χ3n) is 6.65. The Hall–Kier alpha value is -3.25. The van der Waals surface area contributed by atoms with Gasteiger partial charge in [-0.2, -0.15) is 0 Å². The molecular formula is C27H26F2N2O2. The van der Waals surface area contributed by atoms with Gasteiger partial charge in [-0.15, -0.1) is 0 Å². The largest absolute Gasteiger partial charge is 0.450 e. The van der Waals surface area contributed by atoms with Gasteiger partial charge in [0.2, 0.25) is 0 Å². The first kappa shape index (κ1) is 21.6. The zero-order valence-corrected chi connectivity index (χ0v) is 18.3. The molecule has 1 spiro atoms. The molecule has 1 N–H and O–H groups in total. The Labute approximate surface area is 192 Å². The fraction of sp³-hybridized carbons (Fsp3) is 0.296. The molecule has 4 nitrogen and oxygen atoms in total. The lowest BCUT2D eigenvalue weighted by Crippen LogP contribution is -2.39. The van der Waals surface area contributed by atoms with E-state index in [1.165, 1.54) is 24.3 Å². The number of nitrogens with one attached hydrogen (secondary N) is 1. The zero-order chi connectivity index (χ0) is 22.8. The maximum atomic E-state index is 13.5. The third kappa shape index (κ3) is 4.23. The summed E-state index contributed by atoms with van der Waals surface area (Å²) in [6.07, 6.45) is 3.04. The number of nitrogens with zero attached hydrogens (tertiary/aromatic N) is 1. The van der Waals surface area contributed by atoms with Crippen LogP contribution in [0.25, 0.3) is 0 Å². The molecule has 1 fully saturated rings. The van der Waals surface area contributed by atoms with Crippen molar-refractivity contribution in [2.75, 3.05) is 24.5 Å². The molecule has 0 saturated carbocycles. The quantitative estimate of drug-likeness (QED) is 0.507. The van der Waals surface area contributed by atoms with Crippen LogP contribution in [0.1, 0.15) is 40.7 Å². The molecule has 170 valence electrons. The van der Waals surface area contributed by atoms with Crippen molar-refractivity contribution < 1.29 is 18.3 Å². The van der Waals surface area contributed by atoms with Gasteiger partial charge in [-0.1, -0.05) is 18.2 Å². The number of carbonyl (C=O) groups excluding carboxylic acids is 1. The predicted octanol–water partition coefficient (Wildman–Crippen LogP) is 5.48. The normalized spacial score (nSPS) is 16.5. The van der Waals surface area contributed by atoms with Crippen molar-refractivity contribution >= 4 is 17.3 Å². The second kappa shape index (κ2) is 8.94. The van der Waals surface area contributed by atoms with Crippen molar-refractivity contribution in [2.24, 2.45) is 0 Å². The summed E-state index contributed by atoms with van der Waals surface area (Å²) in [6.45, 7) is 2.30. The molecule has 0 unspecified atom stereocenters. The first-order chi connectivity index (χ1) is 16.1. The summed E-state index contributed by atoms with van der Waals surface area (Å²) in [7, 11) is 0. The molecule has 0 amide bonds. The van der Waals surface area contributed by atoms with Gasteiger partial charge in [0.05, 0.1) is 5.56 Å². The highest BCUT2D eigenvalue weighted by atomic mass is 19.1. The topological polar surface area (TPSA) is 41.6 Å². The molecule has 3 aromatic carbocycles. The Morgan fingerprint density at radius 1 is 0.879 bits per heavy atom. The van der Waals surface area contributed by atoms with E-state index < -0.39 is 5.60 Å². The lowest BCUT2D eigenvalue weighted by molar-refractivity contribution is -0.0242. The summed E-state index contributed by atoms with van der Waals surface area (Å²) < 4.78 is 32.9. The smallest absolute Gasteiger partial charge is 0.339 e. The number of anilines is 2. The maximum absolute atomic E-state index is 13.5. The monoisotopic (exact) mass is 448 g/mol. The van der Waals surface area contributed by atoms with Crippen molar-refractivity contribution in [1.29, 1.82) is 0 Å². The standard InChI is InChI=1S/C27H26F2N2O2/c28-20-6-10-22(11-7-20)31(23-12-8-21(29)9-13-23)18-2-4-19-3-1-5-24-25(19)26(32)33-27(24)14-16-30-17-15-27/h1,3,5-13,30H,2,4,14-18H2. The van der Waals surface area contributed by atoms with Crippen LogP contribution in [0.3, 0.4) is 0 Å². The van der Waals surface area contributed by atoms with Crippen molar-refractivity contribution in [3.8, 4) is 0 Å². The zero-order valence-electron chi connectivity index (χ0n) is 18.3. The number of rotatable bonds is 6. The van der Waals surface area contributed by atoms with E-state index >= 15 is 0 Å². The van der Waals surface area contributed by atoms with Crippen LogP contribution in [-0.2, 0) is 16.8 Å². The van der Waals surface area contributed by atoms with E-state index in [1.54, 1.807) is 24.3 Å². The number of hydrogen-bond acceptors (Lipinski definition) is 4. The average molecular weight is 449 g/mol. The summed E-state index contributed by atoms with van der Waals surface area (Å²) in [5, 5.41) is 3.34. The van der Waals surface area contributed by atoms with Crippen LogP contribution in [0.15, 0.2) is 66.7 Å². The molecule has 2 aliphatic rings. The number of esters is 1. The second-order valence-corrected chi connectivity index (χ2v) is 8.68. The third-order valence-corrected chi connectivity index (χ3v) is 6.65. The summed E-state index contributed by atoms with van der Waals surface area (Å²) in [6, 6.07) is 18.6. The number of fused-ring (bicyclic) bond motifs is 2. The molecule has 0 atom stereocenters. The maximum Gasteiger partial charge on any atom is 0.339 e. The number of benzene rings is 3. The van der Waals surface area contributed by atoms with E-state index in [0.29, 0.717) is 13.0 Å². The highest BCUT2D eigenvalue weighted by Gasteiger charge is 2.46. The van der Waals surface area contributed by atoms with Crippen molar-refractivity contribution in [3.63, 3.8) is 0 Å². The van der Waals surface area contributed by atoms with E-state index in [1.807, 2.05) is 23.1 Å². The number of piperidine rings is 1. The summed E-state index contributed by atoms with van der Waals surface area (Å²) >= 11 is 0. The lowest BCUT2D eigenvalue weighted by Gasteiger charge is -2.33. The molecule has 6 heteroatoms. The van der Waals surface area contributed by atoms with E-state index in [4.69, 9.17) is 4.74 Å². The first-order valence-corrected chi connectivity index (χ1v) is 11.4. The van der Waals surface area contributed by atoms with Crippen molar-refractivity contribution in [3.05, 3.63) is 95.1 Å². The minimum Gasteiger partial charge on any atom is -0.450 e. The van der Waals surface area contributed by atoms with Crippen LogP contribution in [-0.4, -0.2) is 25.6 Å². The molecule has 3 aromatic rings. The van der Waals surface area contributed by atoms with Crippen molar-refractivity contribution in [1.82, 2.24) is 5.32 Å². The number of carbonyl (C=O) groups is 1. The van der Waals surface area contributed by atoms with E-state index in [2.05, 4.69) is 5.32 Å². The van der Waals surface area contributed by atoms with E-state index in [0.717, 1.165) is 60.4 Å². The number of hydrogen-bond donors (Lipinski definition) is 1. The van der Waals surface area contributed by atoms with Gasteiger partial charge < -0.3 is 15.0 Å². The van der Waals surface area contributed by atoms with Crippen LogP contribution in [0, 0.1) is 11.6 Å². The number of aryl methyl sites for hydroxylation is 1. The van der Waals surface area contributed by atoms with Gasteiger partial charge in [-0.25, -0.2) is 13.6 Å². The molecule has 0 aromatic heterocycles. The lowest BCUT2D eigenvalue weighted by atomic mass is 9.83. The Balaban J connectivity index is 1.37. The highest BCUT2D eigenvalue weighted by Crippen LogP contribution is 2.44. The first-order valence-electron chi connectivity index (χ1n) is 11.4. The van der Waals surface area contributed by atoms with Gasteiger partial charge in [-0.05, 0) is 80.0 Å². The molecule has 1 saturated heterocycles. The average Bonchev–Trinajstić information content (AvgIpc) is 3.10. The fourth-order valence-electron chi connectivity index (χ4n) is 4.99. The van der Waals surface area contributed by atoms with Gasteiger partial charge >= 0.3 is 5.97 Å². The van der Waals surface area contributed by atoms with E-state index in [9.17, 15) is 13.6 Å². The van der Waals surface area contributed by atoms with Crippen LogP contribution in [0.5, 0.6) is 0 Å². The Morgan fingerprint density at radius 3 is 2.09 bits per heavy atom. The van der Waals surface area contributed by atoms with Gasteiger partial charge in [0, 0.05) is 36.3 Å². The van der Waals surface area contributed by atoms with Crippen molar-refractivity contribution in [2.45, 2.75) is 31.3 Å². The van der Waals surface area contributed by atoms with Crippen LogP contribution < -0.4 is 10.2 Å². The summed E-state index contributed by atoms with van der Waals surface area (Å²) in [5.74, 6) is -0.831.